The second kappa shape index (κ2) is 9.03. The number of ketones is 1. The van der Waals surface area contributed by atoms with Gasteiger partial charge in [0.2, 0.25) is 5.89 Å². The van der Waals surface area contributed by atoms with Crippen molar-refractivity contribution in [3.05, 3.63) is 65.0 Å². The van der Waals surface area contributed by atoms with Gasteiger partial charge in [-0.2, -0.15) is 0 Å². The molecule has 2 aliphatic carbocycles. The first-order chi connectivity index (χ1) is 15.7. The van der Waals surface area contributed by atoms with Crippen molar-refractivity contribution in [2.45, 2.75) is 58.3 Å². The van der Waals surface area contributed by atoms with Crippen LogP contribution in [0.25, 0.3) is 22.6 Å². The van der Waals surface area contributed by atoms with Crippen LogP contribution < -0.4 is 0 Å². The van der Waals surface area contributed by atoms with E-state index >= 15 is 0 Å². The van der Waals surface area contributed by atoms with Gasteiger partial charge in [-0.25, -0.2) is 4.98 Å². The van der Waals surface area contributed by atoms with Gasteiger partial charge in [0.05, 0.1) is 6.20 Å². The zero-order chi connectivity index (χ0) is 22.1. The normalized spacial score (nSPS) is 17.2. The Bertz CT molecular complexity index is 1110. The Kier molecular flexibility index (Phi) is 5.97. The molecular formula is C28H32N2O2. The standard InChI is InChI=1S/C28H32N2O2/c1-3-30(4-2)16-5-6-19-7-8-20-9-12-23-24(13-14-26(23)31)27(20)25-18-21(10-11-22(19)25)28-29-15-17-32-28/h9-12,15,17-19H,3-8,13-14,16H2,1-2H3. The third kappa shape index (κ3) is 3.81. The molecule has 0 fully saturated rings. The first-order valence-electron chi connectivity index (χ1n) is 12.1. The van der Waals surface area contributed by atoms with E-state index in [1.165, 1.54) is 40.7 Å². The highest BCUT2D eigenvalue weighted by Gasteiger charge is 2.30. The molecule has 0 spiro atoms. The van der Waals surface area contributed by atoms with Crippen molar-refractivity contribution in [2.24, 2.45) is 0 Å². The average molecular weight is 429 g/mol. The van der Waals surface area contributed by atoms with Crippen molar-refractivity contribution in [2.75, 3.05) is 19.6 Å². The molecule has 0 bridgehead atoms. The van der Waals surface area contributed by atoms with Crippen LogP contribution in [-0.4, -0.2) is 35.3 Å². The molecule has 2 aromatic carbocycles. The topological polar surface area (TPSA) is 46.3 Å². The molecule has 0 aliphatic heterocycles. The number of Topliss-reactive ketones (excluding diaryl/α,β-unsaturated/α-hetero) is 1. The van der Waals surface area contributed by atoms with Crippen LogP contribution in [0.15, 0.2) is 47.2 Å². The van der Waals surface area contributed by atoms with Gasteiger partial charge >= 0.3 is 0 Å². The molecule has 1 atom stereocenters. The van der Waals surface area contributed by atoms with Gasteiger partial charge in [-0.05, 0) is 97.6 Å². The number of carbonyl (C=O) groups is 1. The van der Waals surface area contributed by atoms with E-state index in [9.17, 15) is 4.79 Å². The Hall–Kier alpha value is -2.72. The number of hydrogen-bond acceptors (Lipinski definition) is 4. The second-order valence-corrected chi connectivity index (χ2v) is 9.09. The number of hydrogen-bond donors (Lipinski definition) is 0. The summed E-state index contributed by atoms with van der Waals surface area (Å²) >= 11 is 0. The quantitative estimate of drug-likeness (QED) is 0.444. The number of carbonyl (C=O) groups excluding carboxylic acids is 1. The Morgan fingerprint density at radius 3 is 2.72 bits per heavy atom. The molecule has 0 saturated heterocycles. The predicted molar refractivity (Wildman–Crippen MR) is 128 cm³/mol. The van der Waals surface area contributed by atoms with E-state index in [-0.39, 0.29) is 5.78 Å². The molecule has 1 unspecified atom stereocenters. The molecule has 1 aromatic heterocycles. The van der Waals surface area contributed by atoms with Gasteiger partial charge < -0.3 is 9.32 Å². The van der Waals surface area contributed by atoms with E-state index in [2.05, 4.69) is 54.1 Å². The average Bonchev–Trinajstić information content (AvgIpc) is 3.45. The summed E-state index contributed by atoms with van der Waals surface area (Å²) in [5.41, 5.74) is 8.58. The Balaban J connectivity index is 1.57. The van der Waals surface area contributed by atoms with Gasteiger partial charge in [0, 0.05) is 17.5 Å². The molecule has 0 N–H and O–H groups in total. The molecule has 166 valence electrons. The zero-order valence-corrected chi connectivity index (χ0v) is 19.2. The fourth-order valence-corrected chi connectivity index (χ4v) is 5.65. The van der Waals surface area contributed by atoms with Crippen LogP contribution in [0, 0.1) is 0 Å². The third-order valence-electron chi connectivity index (χ3n) is 7.43. The summed E-state index contributed by atoms with van der Waals surface area (Å²) in [7, 11) is 0. The molecule has 0 radical (unpaired) electrons. The minimum atomic E-state index is 0.285. The summed E-state index contributed by atoms with van der Waals surface area (Å²) in [6.45, 7) is 7.87. The van der Waals surface area contributed by atoms with Crippen LogP contribution in [0.4, 0.5) is 0 Å². The van der Waals surface area contributed by atoms with Crippen molar-refractivity contribution in [3.8, 4) is 22.6 Å². The number of fused-ring (bicyclic) bond motifs is 5. The van der Waals surface area contributed by atoms with Crippen LogP contribution in [-0.2, 0) is 12.8 Å². The Morgan fingerprint density at radius 1 is 1.06 bits per heavy atom. The highest BCUT2D eigenvalue weighted by molar-refractivity contribution is 6.03. The molecule has 2 aliphatic rings. The maximum atomic E-state index is 12.5. The van der Waals surface area contributed by atoms with Gasteiger partial charge in [0.1, 0.15) is 6.26 Å². The number of oxazole rings is 1. The Morgan fingerprint density at radius 2 is 1.94 bits per heavy atom. The largest absolute Gasteiger partial charge is 0.445 e. The molecule has 4 nitrogen and oxygen atoms in total. The lowest BCUT2D eigenvalue weighted by Gasteiger charge is -2.22. The van der Waals surface area contributed by atoms with Crippen molar-refractivity contribution in [1.29, 1.82) is 0 Å². The summed E-state index contributed by atoms with van der Waals surface area (Å²) in [6, 6.07) is 11.0. The van der Waals surface area contributed by atoms with Gasteiger partial charge in [-0.3, -0.25) is 4.79 Å². The lowest BCUT2D eigenvalue weighted by atomic mass is 9.85. The van der Waals surface area contributed by atoms with Crippen LogP contribution in [0.2, 0.25) is 0 Å². The smallest absolute Gasteiger partial charge is 0.225 e. The highest BCUT2D eigenvalue weighted by Crippen LogP contribution is 2.45. The maximum Gasteiger partial charge on any atom is 0.225 e. The lowest BCUT2D eigenvalue weighted by Crippen LogP contribution is -2.24. The van der Waals surface area contributed by atoms with E-state index in [4.69, 9.17) is 4.42 Å². The van der Waals surface area contributed by atoms with E-state index in [1.54, 1.807) is 12.5 Å². The summed E-state index contributed by atoms with van der Waals surface area (Å²) in [5.74, 6) is 1.47. The molecular weight excluding hydrogens is 396 g/mol. The van der Waals surface area contributed by atoms with E-state index in [0.29, 0.717) is 18.2 Å². The minimum absolute atomic E-state index is 0.285. The summed E-state index contributed by atoms with van der Waals surface area (Å²) in [6.07, 6.45) is 9.43. The minimum Gasteiger partial charge on any atom is -0.445 e. The lowest BCUT2D eigenvalue weighted by molar-refractivity contribution is 0.0994. The molecule has 0 saturated carbocycles. The molecule has 5 rings (SSSR count). The molecule has 4 heteroatoms. The van der Waals surface area contributed by atoms with Crippen molar-refractivity contribution >= 4 is 5.78 Å². The number of aromatic nitrogens is 1. The fraction of sp³-hybridized carbons (Fsp3) is 0.429. The second-order valence-electron chi connectivity index (χ2n) is 9.09. The van der Waals surface area contributed by atoms with Crippen LogP contribution in [0.3, 0.4) is 0 Å². The van der Waals surface area contributed by atoms with Gasteiger partial charge in [-0.1, -0.05) is 32.0 Å². The fourth-order valence-electron chi connectivity index (χ4n) is 5.65. The molecule has 3 aromatic rings. The van der Waals surface area contributed by atoms with E-state index < -0.39 is 0 Å². The summed E-state index contributed by atoms with van der Waals surface area (Å²) in [5, 5.41) is 0. The Labute approximate surface area is 190 Å². The van der Waals surface area contributed by atoms with Crippen LogP contribution in [0.5, 0.6) is 0 Å². The van der Waals surface area contributed by atoms with E-state index in [1.807, 2.05) is 0 Å². The van der Waals surface area contributed by atoms with E-state index in [0.717, 1.165) is 50.0 Å². The first kappa shape index (κ1) is 21.1. The SMILES string of the molecule is CCN(CC)CCCC1CCc2ccc3c(c2-c2cc(-c4ncco4)ccc21)CCC3=O. The molecule has 0 amide bonds. The predicted octanol–water partition coefficient (Wildman–Crippen LogP) is 6.29. The van der Waals surface area contributed by atoms with Gasteiger partial charge in [-0.15, -0.1) is 0 Å². The summed E-state index contributed by atoms with van der Waals surface area (Å²) in [4.78, 5) is 19.4. The van der Waals surface area contributed by atoms with Gasteiger partial charge in [0.15, 0.2) is 5.78 Å². The zero-order valence-electron chi connectivity index (χ0n) is 19.2. The van der Waals surface area contributed by atoms with Crippen molar-refractivity contribution in [1.82, 2.24) is 9.88 Å². The maximum absolute atomic E-state index is 12.5. The number of nitrogens with zero attached hydrogens (tertiary/aromatic N) is 2. The highest BCUT2D eigenvalue weighted by atomic mass is 16.3. The summed E-state index contributed by atoms with van der Waals surface area (Å²) < 4.78 is 5.61. The molecule has 32 heavy (non-hydrogen) atoms. The van der Waals surface area contributed by atoms with Crippen molar-refractivity contribution in [3.63, 3.8) is 0 Å². The number of aryl methyl sites for hydroxylation is 1. The third-order valence-corrected chi connectivity index (χ3v) is 7.43. The first-order valence-corrected chi connectivity index (χ1v) is 12.1. The van der Waals surface area contributed by atoms with Crippen LogP contribution >= 0.6 is 0 Å². The monoisotopic (exact) mass is 428 g/mol. The number of rotatable bonds is 7. The van der Waals surface area contributed by atoms with Gasteiger partial charge in [0.25, 0.3) is 0 Å². The van der Waals surface area contributed by atoms with Crippen LogP contribution in [0.1, 0.15) is 72.5 Å². The number of benzene rings is 2. The van der Waals surface area contributed by atoms with Crippen molar-refractivity contribution < 1.29 is 9.21 Å². The molecule has 1 heterocycles.